The van der Waals surface area contributed by atoms with Gasteiger partial charge in [-0.1, -0.05) is 0 Å². The molecule has 0 rings (SSSR count). The summed E-state index contributed by atoms with van der Waals surface area (Å²) in [5.74, 6) is 1.19. The monoisotopic (exact) mass is 161 g/mol. The van der Waals surface area contributed by atoms with Crippen molar-refractivity contribution in [3.63, 3.8) is 0 Å². The molecule has 10 heavy (non-hydrogen) atoms. The predicted molar refractivity (Wildman–Crippen MR) is 50.7 cm³/mol. The van der Waals surface area contributed by atoms with Crippen LogP contribution in [0.3, 0.4) is 0 Å². The Kier molecular flexibility index (Phi) is 4.37. The van der Waals surface area contributed by atoms with E-state index in [1.54, 1.807) is 0 Å². The van der Waals surface area contributed by atoms with E-state index < -0.39 is 0 Å². The lowest BCUT2D eigenvalue weighted by atomic mass is 10.1. The standard InChI is InChI=1S/C8H19NS/c1-7(6-10-5)9-8(2,3)4/h7,9H,6H2,1-5H3/t7-/m1/s1. The number of thioether (sulfide) groups is 1. The van der Waals surface area contributed by atoms with Crippen LogP contribution in [0.15, 0.2) is 0 Å². The Balaban J connectivity index is 3.47. The molecule has 1 N–H and O–H groups in total. The average molecular weight is 161 g/mol. The Morgan fingerprint density at radius 2 is 1.90 bits per heavy atom. The maximum atomic E-state index is 3.50. The molecule has 0 saturated heterocycles. The maximum Gasteiger partial charge on any atom is 0.0134 e. The molecule has 2 heteroatoms. The predicted octanol–water partition coefficient (Wildman–Crippen LogP) is 2.13. The molecule has 0 fully saturated rings. The fraction of sp³-hybridized carbons (Fsp3) is 1.00. The van der Waals surface area contributed by atoms with E-state index in [1.807, 2.05) is 11.8 Å². The Morgan fingerprint density at radius 1 is 1.40 bits per heavy atom. The molecule has 0 aliphatic heterocycles. The SMILES string of the molecule is CSC[C@@H](C)NC(C)(C)C. The molecule has 0 aliphatic carbocycles. The van der Waals surface area contributed by atoms with Gasteiger partial charge in [-0.15, -0.1) is 0 Å². The van der Waals surface area contributed by atoms with Crippen molar-refractivity contribution in [2.75, 3.05) is 12.0 Å². The van der Waals surface area contributed by atoms with Crippen molar-refractivity contribution in [3.05, 3.63) is 0 Å². The second-order valence-corrected chi connectivity index (χ2v) is 4.66. The molecule has 0 aromatic heterocycles. The molecule has 0 saturated carbocycles. The van der Waals surface area contributed by atoms with Crippen molar-refractivity contribution in [1.29, 1.82) is 0 Å². The van der Waals surface area contributed by atoms with Crippen LogP contribution in [0.1, 0.15) is 27.7 Å². The van der Waals surface area contributed by atoms with Gasteiger partial charge in [0.15, 0.2) is 0 Å². The Bertz CT molecular complexity index is 85.7. The molecule has 0 amide bonds. The van der Waals surface area contributed by atoms with Crippen molar-refractivity contribution in [2.24, 2.45) is 0 Å². The molecule has 0 unspecified atom stereocenters. The smallest absolute Gasteiger partial charge is 0.0134 e. The van der Waals surface area contributed by atoms with E-state index in [0.29, 0.717) is 6.04 Å². The van der Waals surface area contributed by atoms with Gasteiger partial charge in [0.25, 0.3) is 0 Å². The number of rotatable bonds is 3. The quantitative estimate of drug-likeness (QED) is 0.680. The molecule has 0 aliphatic rings. The highest BCUT2D eigenvalue weighted by Crippen LogP contribution is 2.04. The lowest BCUT2D eigenvalue weighted by molar-refractivity contribution is 0.389. The lowest BCUT2D eigenvalue weighted by Gasteiger charge is -2.25. The van der Waals surface area contributed by atoms with Gasteiger partial charge in [0.1, 0.15) is 0 Å². The maximum absolute atomic E-state index is 3.50. The Labute approximate surface area is 69.0 Å². The van der Waals surface area contributed by atoms with Crippen LogP contribution in [-0.2, 0) is 0 Å². The Morgan fingerprint density at radius 3 is 2.20 bits per heavy atom. The molecule has 0 bridgehead atoms. The second kappa shape index (κ2) is 4.24. The van der Waals surface area contributed by atoms with Gasteiger partial charge in [-0.3, -0.25) is 0 Å². The fourth-order valence-electron chi connectivity index (χ4n) is 1.03. The summed E-state index contributed by atoms with van der Waals surface area (Å²) in [6, 6.07) is 0.620. The zero-order valence-electron chi connectivity index (χ0n) is 7.69. The molecule has 0 aromatic rings. The van der Waals surface area contributed by atoms with Crippen LogP contribution in [0.5, 0.6) is 0 Å². The zero-order valence-corrected chi connectivity index (χ0v) is 8.51. The molecule has 0 aromatic carbocycles. The van der Waals surface area contributed by atoms with Crippen molar-refractivity contribution in [2.45, 2.75) is 39.3 Å². The van der Waals surface area contributed by atoms with Crippen molar-refractivity contribution in [1.82, 2.24) is 5.32 Å². The van der Waals surface area contributed by atoms with Gasteiger partial charge in [0.05, 0.1) is 0 Å². The first-order valence-corrected chi connectivity index (χ1v) is 5.12. The summed E-state index contributed by atoms with van der Waals surface area (Å²) in [5.41, 5.74) is 0.259. The van der Waals surface area contributed by atoms with Crippen LogP contribution in [0.4, 0.5) is 0 Å². The minimum absolute atomic E-state index is 0.259. The van der Waals surface area contributed by atoms with E-state index in [-0.39, 0.29) is 5.54 Å². The van der Waals surface area contributed by atoms with Gasteiger partial charge >= 0.3 is 0 Å². The molecule has 0 spiro atoms. The first kappa shape index (κ1) is 10.3. The van der Waals surface area contributed by atoms with Gasteiger partial charge in [-0.05, 0) is 34.0 Å². The minimum atomic E-state index is 0.259. The highest BCUT2D eigenvalue weighted by molar-refractivity contribution is 7.98. The summed E-state index contributed by atoms with van der Waals surface area (Å²) in [6.07, 6.45) is 2.14. The van der Waals surface area contributed by atoms with E-state index in [9.17, 15) is 0 Å². The van der Waals surface area contributed by atoms with Gasteiger partial charge < -0.3 is 5.32 Å². The van der Waals surface area contributed by atoms with E-state index in [4.69, 9.17) is 0 Å². The Hall–Kier alpha value is 0.310. The third-order valence-corrected chi connectivity index (χ3v) is 1.93. The number of hydrogen-bond donors (Lipinski definition) is 1. The average Bonchev–Trinajstić information content (AvgIpc) is 1.59. The highest BCUT2D eigenvalue weighted by Gasteiger charge is 2.12. The van der Waals surface area contributed by atoms with Gasteiger partial charge in [0.2, 0.25) is 0 Å². The molecular formula is C8H19NS. The van der Waals surface area contributed by atoms with Gasteiger partial charge in [0, 0.05) is 17.3 Å². The summed E-state index contributed by atoms with van der Waals surface area (Å²) in [7, 11) is 0. The normalized spacial score (nSPS) is 15.3. The van der Waals surface area contributed by atoms with E-state index in [0.717, 1.165) is 0 Å². The third kappa shape index (κ3) is 6.43. The van der Waals surface area contributed by atoms with E-state index in [1.165, 1.54) is 5.75 Å². The minimum Gasteiger partial charge on any atom is -0.309 e. The summed E-state index contributed by atoms with van der Waals surface area (Å²) in [6.45, 7) is 8.82. The van der Waals surface area contributed by atoms with Gasteiger partial charge in [-0.25, -0.2) is 0 Å². The highest BCUT2D eigenvalue weighted by atomic mass is 32.2. The molecule has 1 atom stereocenters. The largest absolute Gasteiger partial charge is 0.309 e. The van der Waals surface area contributed by atoms with Crippen LogP contribution >= 0.6 is 11.8 Å². The van der Waals surface area contributed by atoms with Crippen LogP contribution in [-0.4, -0.2) is 23.6 Å². The van der Waals surface area contributed by atoms with E-state index in [2.05, 4.69) is 39.3 Å². The van der Waals surface area contributed by atoms with Crippen LogP contribution in [0, 0.1) is 0 Å². The third-order valence-electron chi connectivity index (χ3n) is 1.10. The topological polar surface area (TPSA) is 12.0 Å². The molecule has 62 valence electrons. The van der Waals surface area contributed by atoms with Gasteiger partial charge in [-0.2, -0.15) is 11.8 Å². The second-order valence-electron chi connectivity index (χ2n) is 3.75. The number of hydrogen-bond acceptors (Lipinski definition) is 2. The fourth-order valence-corrected chi connectivity index (χ4v) is 1.61. The van der Waals surface area contributed by atoms with Crippen LogP contribution in [0.2, 0.25) is 0 Å². The van der Waals surface area contributed by atoms with Crippen molar-refractivity contribution < 1.29 is 0 Å². The van der Waals surface area contributed by atoms with E-state index >= 15 is 0 Å². The lowest BCUT2D eigenvalue weighted by Crippen LogP contribution is -2.43. The van der Waals surface area contributed by atoms with Crippen molar-refractivity contribution >= 4 is 11.8 Å². The first-order valence-electron chi connectivity index (χ1n) is 3.72. The van der Waals surface area contributed by atoms with Crippen molar-refractivity contribution in [3.8, 4) is 0 Å². The van der Waals surface area contributed by atoms with Crippen LogP contribution < -0.4 is 5.32 Å². The summed E-state index contributed by atoms with van der Waals surface area (Å²) < 4.78 is 0. The zero-order chi connectivity index (χ0) is 8.20. The van der Waals surface area contributed by atoms with Crippen LogP contribution in [0.25, 0.3) is 0 Å². The summed E-state index contributed by atoms with van der Waals surface area (Å²) in [4.78, 5) is 0. The summed E-state index contributed by atoms with van der Waals surface area (Å²) in [5, 5.41) is 3.50. The molecule has 0 radical (unpaired) electrons. The number of nitrogens with one attached hydrogen (secondary N) is 1. The molecule has 1 nitrogen and oxygen atoms in total. The molecule has 0 heterocycles. The molecular weight excluding hydrogens is 142 g/mol. The first-order chi connectivity index (χ1) is 4.45. The summed E-state index contributed by atoms with van der Waals surface area (Å²) >= 11 is 1.89.